The van der Waals surface area contributed by atoms with Crippen LogP contribution in [0.3, 0.4) is 0 Å². The van der Waals surface area contributed by atoms with E-state index < -0.39 is 5.54 Å². The molecule has 0 aromatic carbocycles. The highest BCUT2D eigenvalue weighted by atomic mass is 16.5. The lowest BCUT2D eigenvalue weighted by Crippen LogP contribution is -2.52. The first kappa shape index (κ1) is 15.6. The molecule has 1 N–H and O–H groups in total. The Kier molecular flexibility index (Phi) is 6.50. The van der Waals surface area contributed by atoms with E-state index in [1.165, 1.54) is 0 Å². The smallest absolute Gasteiger partial charge is 0.325 e. The molecule has 0 bridgehead atoms. The molecular weight excluding hydrogens is 220 g/mol. The minimum absolute atomic E-state index is 0.139. The molecule has 0 saturated carbocycles. The van der Waals surface area contributed by atoms with Crippen molar-refractivity contribution in [1.29, 1.82) is 0 Å². The van der Waals surface area contributed by atoms with Gasteiger partial charge < -0.3 is 10.1 Å². The number of hydrogen-bond acceptors (Lipinski definition) is 4. The fourth-order valence-corrected chi connectivity index (χ4v) is 1.12. The van der Waals surface area contributed by atoms with E-state index in [1.54, 1.807) is 38.8 Å². The van der Waals surface area contributed by atoms with Gasteiger partial charge in [0, 0.05) is 6.54 Å². The highest BCUT2D eigenvalue weighted by Gasteiger charge is 2.34. The summed E-state index contributed by atoms with van der Waals surface area (Å²) in [6.07, 6.45) is 1.61. The number of nitrogens with one attached hydrogen (secondary N) is 1. The van der Waals surface area contributed by atoms with Crippen molar-refractivity contribution < 1.29 is 14.3 Å². The van der Waals surface area contributed by atoms with Crippen LogP contribution in [-0.4, -0.2) is 49.1 Å². The zero-order valence-corrected chi connectivity index (χ0v) is 11.1. The zero-order chi connectivity index (χ0) is 13.5. The fraction of sp³-hybridized carbons (Fsp3) is 0.667. The summed E-state index contributed by atoms with van der Waals surface area (Å²) in [6, 6.07) is 0. The summed E-state index contributed by atoms with van der Waals surface area (Å²) in [5, 5.41) is 2.66. The van der Waals surface area contributed by atoms with Crippen LogP contribution in [0.25, 0.3) is 0 Å². The maximum absolute atomic E-state index is 11.7. The van der Waals surface area contributed by atoms with E-state index >= 15 is 0 Å². The van der Waals surface area contributed by atoms with E-state index in [2.05, 4.69) is 11.9 Å². The predicted molar refractivity (Wildman–Crippen MR) is 66.5 cm³/mol. The molecule has 0 fully saturated rings. The van der Waals surface area contributed by atoms with Gasteiger partial charge in [-0.25, -0.2) is 0 Å². The molecule has 1 amide bonds. The van der Waals surface area contributed by atoms with Crippen molar-refractivity contribution >= 4 is 11.9 Å². The van der Waals surface area contributed by atoms with Crippen molar-refractivity contribution in [3.63, 3.8) is 0 Å². The Morgan fingerprint density at radius 1 is 1.47 bits per heavy atom. The third-order valence-electron chi connectivity index (χ3n) is 2.55. The molecule has 17 heavy (non-hydrogen) atoms. The molecule has 0 spiro atoms. The Bertz CT molecular complexity index is 287. The molecule has 0 heterocycles. The summed E-state index contributed by atoms with van der Waals surface area (Å²) >= 11 is 0. The standard InChI is InChI=1S/C12H22N2O3/c1-6-8-13-10(15)9-14(5)12(3,4)11(16)17-7-2/h6H,1,7-9H2,2-5H3,(H,13,15). The number of rotatable bonds is 7. The van der Waals surface area contributed by atoms with Crippen molar-refractivity contribution in [3.05, 3.63) is 12.7 Å². The van der Waals surface area contributed by atoms with Crippen LogP contribution in [-0.2, 0) is 14.3 Å². The monoisotopic (exact) mass is 242 g/mol. The van der Waals surface area contributed by atoms with Crippen molar-refractivity contribution in [2.45, 2.75) is 26.3 Å². The lowest BCUT2D eigenvalue weighted by atomic mass is 10.0. The van der Waals surface area contributed by atoms with Crippen LogP contribution >= 0.6 is 0 Å². The second kappa shape index (κ2) is 7.06. The molecule has 0 aromatic rings. The summed E-state index contributed by atoms with van der Waals surface area (Å²) in [5.41, 5.74) is -0.818. The number of amides is 1. The van der Waals surface area contributed by atoms with Gasteiger partial charge in [0.25, 0.3) is 0 Å². The van der Waals surface area contributed by atoms with E-state index in [1.807, 2.05) is 0 Å². The molecule has 0 aliphatic carbocycles. The SMILES string of the molecule is C=CCNC(=O)CN(C)C(C)(C)C(=O)OCC. The number of esters is 1. The number of carbonyl (C=O) groups is 2. The molecule has 98 valence electrons. The van der Waals surface area contributed by atoms with Crippen LogP contribution in [0, 0.1) is 0 Å². The minimum Gasteiger partial charge on any atom is -0.465 e. The van der Waals surface area contributed by atoms with Crippen LogP contribution in [0.4, 0.5) is 0 Å². The lowest BCUT2D eigenvalue weighted by molar-refractivity contribution is -0.155. The average Bonchev–Trinajstić information content (AvgIpc) is 2.26. The second-order valence-electron chi connectivity index (χ2n) is 4.23. The molecule has 0 atom stereocenters. The minimum atomic E-state index is -0.818. The first-order valence-corrected chi connectivity index (χ1v) is 5.62. The van der Waals surface area contributed by atoms with Crippen LogP contribution in [0.2, 0.25) is 0 Å². The van der Waals surface area contributed by atoms with Gasteiger partial charge in [-0.15, -0.1) is 6.58 Å². The number of hydrogen-bond donors (Lipinski definition) is 1. The molecule has 5 nitrogen and oxygen atoms in total. The molecule has 0 aromatic heterocycles. The molecule has 5 heteroatoms. The number of carbonyl (C=O) groups excluding carboxylic acids is 2. The van der Waals surface area contributed by atoms with Crippen LogP contribution in [0.1, 0.15) is 20.8 Å². The highest BCUT2D eigenvalue weighted by Crippen LogP contribution is 2.13. The summed E-state index contributed by atoms with van der Waals surface area (Å²) in [5.74, 6) is -0.483. The largest absolute Gasteiger partial charge is 0.465 e. The van der Waals surface area contributed by atoms with Gasteiger partial charge in [-0.3, -0.25) is 14.5 Å². The molecular formula is C12H22N2O3. The van der Waals surface area contributed by atoms with Crippen molar-refractivity contribution in [1.82, 2.24) is 10.2 Å². The van der Waals surface area contributed by atoms with Gasteiger partial charge in [0.2, 0.25) is 5.91 Å². The molecule has 0 rings (SSSR count). The van der Waals surface area contributed by atoms with Gasteiger partial charge >= 0.3 is 5.97 Å². The van der Waals surface area contributed by atoms with Gasteiger partial charge in [-0.2, -0.15) is 0 Å². The molecule has 0 aliphatic rings. The number of nitrogens with zero attached hydrogens (tertiary/aromatic N) is 1. The maximum Gasteiger partial charge on any atom is 0.325 e. The van der Waals surface area contributed by atoms with E-state index in [9.17, 15) is 9.59 Å². The normalized spacial score (nSPS) is 11.1. The van der Waals surface area contributed by atoms with Gasteiger partial charge in [-0.1, -0.05) is 6.08 Å². The summed E-state index contributed by atoms with van der Waals surface area (Å²) in [7, 11) is 1.71. The molecule has 0 aliphatic heterocycles. The summed E-state index contributed by atoms with van der Waals surface area (Å²) in [4.78, 5) is 24.8. The molecule has 0 saturated heterocycles. The highest BCUT2D eigenvalue weighted by molar-refractivity contribution is 5.82. The second-order valence-corrected chi connectivity index (χ2v) is 4.23. The summed E-state index contributed by atoms with van der Waals surface area (Å²) in [6.45, 7) is 9.62. The van der Waals surface area contributed by atoms with Gasteiger partial charge in [0.05, 0.1) is 13.2 Å². The molecule has 0 radical (unpaired) electrons. The lowest BCUT2D eigenvalue weighted by Gasteiger charge is -2.32. The van der Waals surface area contributed by atoms with Gasteiger partial charge in [-0.05, 0) is 27.8 Å². The Hall–Kier alpha value is -1.36. The third-order valence-corrected chi connectivity index (χ3v) is 2.55. The number of likely N-dealkylation sites (N-methyl/N-ethyl adjacent to an activating group) is 1. The van der Waals surface area contributed by atoms with E-state index in [0.29, 0.717) is 13.2 Å². The Balaban J connectivity index is 4.37. The fourth-order valence-electron chi connectivity index (χ4n) is 1.12. The van der Waals surface area contributed by atoms with E-state index in [0.717, 1.165) is 0 Å². The summed E-state index contributed by atoms with van der Waals surface area (Å²) < 4.78 is 4.96. The van der Waals surface area contributed by atoms with E-state index in [-0.39, 0.29) is 18.4 Å². The zero-order valence-electron chi connectivity index (χ0n) is 11.1. The first-order valence-electron chi connectivity index (χ1n) is 5.62. The first-order chi connectivity index (χ1) is 7.86. The van der Waals surface area contributed by atoms with Crippen LogP contribution < -0.4 is 5.32 Å². The Morgan fingerprint density at radius 2 is 2.06 bits per heavy atom. The Labute approximate surface area is 103 Å². The third kappa shape index (κ3) is 4.99. The quantitative estimate of drug-likeness (QED) is 0.523. The van der Waals surface area contributed by atoms with Gasteiger partial charge in [0.15, 0.2) is 0 Å². The van der Waals surface area contributed by atoms with E-state index in [4.69, 9.17) is 4.74 Å². The van der Waals surface area contributed by atoms with Crippen LogP contribution in [0.15, 0.2) is 12.7 Å². The Morgan fingerprint density at radius 3 is 2.53 bits per heavy atom. The predicted octanol–water partition coefficient (Wildman–Crippen LogP) is 0.562. The topological polar surface area (TPSA) is 58.6 Å². The molecule has 0 unspecified atom stereocenters. The van der Waals surface area contributed by atoms with Crippen molar-refractivity contribution in [2.75, 3.05) is 26.7 Å². The van der Waals surface area contributed by atoms with Crippen LogP contribution in [0.5, 0.6) is 0 Å². The van der Waals surface area contributed by atoms with Gasteiger partial charge in [0.1, 0.15) is 5.54 Å². The van der Waals surface area contributed by atoms with Crippen molar-refractivity contribution in [2.24, 2.45) is 0 Å². The average molecular weight is 242 g/mol. The van der Waals surface area contributed by atoms with Crippen molar-refractivity contribution in [3.8, 4) is 0 Å². The number of ether oxygens (including phenoxy) is 1. The maximum atomic E-state index is 11.7.